The third-order valence-electron chi connectivity index (χ3n) is 4.47. The summed E-state index contributed by atoms with van der Waals surface area (Å²) in [5, 5.41) is 2.66. The summed E-state index contributed by atoms with van der Waals surface area (Å²) < 4.78 is 21.6. The molecule has 0 aromatic rings. The molecule has 2 aliphatic rings. The van der Waals surface area contributed by atoms with Crippen molar-refractivity contribution in [2.24, 2.45) is 0 Å². The van der Waals surface area contributed by atoms with Crippen molar-refractivity contribution in [2.45, 2.75) is 64.0 Å². The van der Waals surface area contributed by atoms with Crippen molar-refractivity contribution in [3.63, 3.8) is 0 Å². The normalized spacial score (nSPS) is 30.3. The molecule has 0 aliphatic carbocycles. The van der Waals surface area contributed by atoms with Crippen molar-refractivity contribution in [3.05, 3.63) is 12.2 Å². The molecule has 9 nitrogen and oxygen atoms in total. The number of hydrogen-bond acceptors (Lipinski definition) is 7. The molecule has 2 heterocycles. The van der Waals surface area contributed by atoms with E-state index in [1.807, 2.05) is 0 Å². The van der Waals surface area contributed by atoms with E-state index in [-0.39, 0.29) is 19.3 Å². The van der Waals surface area contributed by atoms with Crippen LogP contribution in [0.1, 0.15) is 34.1 Å². The van der Waals surface area contributed by atoms with E-state index in [1.165, 1.54) is 12.0 Å². The molecular weight excluding hydrogens is 368 g/mol. The van der Waals surface area contributed by atoms with E-state index in [2.05, 4.69) is 5.32 Å². The molecule has 2 bridgehead atoms. The number of rotatable bonds is 1. The molecule has 2 rings (SSSR count). The Morgan fingerprint density at radius 3 is 2.46 bits per heavy atom. The van der Waals surface area contributed by atoms with E-state index in [4.69, 9.17) is 18.9 Å². The van der Waals surface area contributed by atoms with Gasteiger partial charge in [-0.25, -0.2) is 9.59 Å². The number of fused-ring (bicyclic) bond motifs is 2. The minimum atomic E-state index is -0.993. The number of carbonyl (C=O) groups excluding carboxylic acids is 3. The predicted molar refractivity (Wildman–Crippen MR) is 99.6 cm³/mol. The zero-order valence-corrected chi connectivity index (χ0v) is 17.1. The summed E-state index contributed by atoms with van der Waals surface area (Å²) in [7, 11) is 1.24. The lowest BCUT2D eigenvalue weighted by Crippen LogP contribution is -2.55. The van der Waals surface area contributed by atoms with Crippen LogP contribution in [0.15, 0.2) is 12.2 Å². The Morgan fingerprint density at radius 2 is 1.86 bits per heavy atom. The first kappa shape index (κ1) is 22.2. The Labute approximate surface area is 165 Å². The number of likely N-dealkylation sites (tertiary alicyclic amines) is 1. The number of carbonyl (C=O) groups is 3. The highest BCUT2D eigenvalue weighted by Crippen LogP contribution is 2.24. The second-order valence-corrected chi connectivity index (χ2v) is 7.86. The van der Waals surface area contributed by atoms with Crippen LogP contribution in [0.3, 0.4) is 0 Å². The van der Waals surface area contributed by atoms with Crippen LogP contribution in [0, 0.1) is 0 Å². The molecule has 1 saturated heterocycles. The molecule has 0 radical (unpaired) electrons. The van der Waals surface area contributed by atoms with Gasteiger partial charge in [0.2, 0.25) is 5.91 Å². The maximum atomic E-state index is 12.9. The summed E-state index contributed by atoms with van der Waals surface area (Å²) in [4.78, 5) is 39.0. The number of hydrogen-bond donors (Lipinski definition) is 1. The summed E-state index contributed by atoms with van der Waals surface area (Å²) in [6.07, 6.45) is 2.36. The number of methoxy groups -OCH3 is 1. The van der Waals surface area contributed by atoms with Gasteiger partial charge in [-0.2, -0.15) is 0 Å². The molecule has 9 heteroatoms. The minimum Gasteiger partial charge on any atom is -0.467 e. The Bertz CT molecular complexity index is 614. The highest BCUT2D eigenvalue weighted by Gasteiger charge is 2.43. The number of nitrogens with zero attached hydrogens (tertiary/aromatic N) is 1. The SMILES string of the molecule is COC(=O)[C@H]1NC(=O)[C@@H]2C[C@@H](CN2C(=O)OC(C)(C)C)OC/C=C\CO[C@@H]1C. The van der Waals surface area contributed by atoms with Gasteiger partial charge >= 0.3 is 12.1 Å². The van der Waals surface area contributed by atoms with Crippen LogP contribution in [-0.4, -0.2) is 79.6 Å². The first-order valence-corrected chi connectivity index (χ1v) is 9.38. The average Bonchev–Trinajstić information content (AvgIpc) is 3.04. The van der Waals surface area contributed by atoms with Gasteiger partial charge in [-0.3, -0.25) is 9.69 Å². The van der Waals surface area contributed by atoms with Crippen molar-refractivity contribution in [1.29, 1.82) is 0 Å². The van der Waals surface area contributed by atoms with Gasteiger partial charge in [0, 0.05) is 6.42 Å². The van der Waals surface area contributed by atoms with Gasteiger partial charge < -0.3 is 24.3 Å². The Balaban J connectivity index is 2.25. The standard InChI is InChI=1S/C19H30N2O7/c1-12-15(17(23)25-5)20-16(22)14-10-13(27-9-7-6-8-26-12)11-21(14)18(24)28-19(2,3)4/h6-7,12-15H,8-11H2,1-5H3,(H,20,22)/b7-6-/t12-,13+,14+,15+/m1/s1. The number of esters is 1. The maximum Gasteiger partial charge on any atom is 0.411 e. The maximum absolute atomic E-state index is 12.9. The third-order valence-corrected chi connectivity index (χ3v) is 4.47. The van der Waals surface area contributed by atoms with Crippen molar-refractivity contribution < 1.29 is 33.3 Å². The first-order valence-electron chi connectivity index (χ1n) is 9.38. The van der Waals surface area contributed by atoms with Crippen molar-refractivity contribution >= 4 is 18.0 Å². The second-order valence-electron chi connectivity index (χ2n) is 7.86. The lowest BCUT2D eigenvalue weighted by Gasteiger charge is -2.29. The summed E-state index contributed by atoms with van der Waals surface area (Å²) in [6.45, 7) is 7.78. The molecular formula is C19H30N2O7. The molecule has 0 aromatic carbocycles. The van der Waals surface area contributed by atoms with Crippen LogP contribution in [0.5, 0.6) is 0 Å². The highest BCUT2D eigenvalue weighted by molar-refractivity contribution is 5.90. The summed E-state index contributed by atoms with van der Waals surface area (Å²) in [5.74, 6) is -1.09. The van der Waals surface area contributed by atoms with Gasteiger partial charge in [0.15, 0.2) is 6.04 Å². The van der Waals surface area contributed by atoms with Crippen LogP contribution in [0.2, 0.25) is 0 Å². The number of ether oxygens (including phenoxy) is 4. The lowest BCUT2D eigenvalue weighted by molar-refractivity contribution is -0.149. The van der Waals surface area contributed by atoms with Crippen molar-refractivity contribution in [2.75, 3.05) is 26.9 Å². The molecule has 0 saturated carbocycles. The highest BCUT2D eigenvalue weighted by atomic mass is 16.6. The van der Waals surface area contributed by atoms with E-state index >= 15 is 0 Å². The zero-order chi connectivity index (χ0) is 20.9. The van der Waals surface area contributed by atoms with Crippen LogP contribution in [0.4, 0.5) is 4.79 Å². The fourth-order valence-electron chi connectivity index (χ4n) is 3.06. The molecule has 0 spiro atoms. The molecule has 0 unspecified atom stereocenters. The lowest BCUT2D eigenvalue weighted by atomic mass is 10.1. The summed E-state index contributed by atoms with van der Waals surface area (Å²) >= 11 is 0. The van der Waals surface area contributed by atoms with E-state index in [0.29, 0.717) is 13.0 Å². The van der Waals surface area contributed by atoms with Gasteiger partial charge in [-0.15, -0.1) is 0 Å². The Hall–Kier alpha value is -2.13. The summed E-state index contributed by atoms with van der Waals surface area (Å²) in [6, 6.07) is -1.81. The molecule has 158 valence electrons. The minimum absolute atomic E-state index is 0.232. The zero-order valence-electron chi connectivity index (χ0n) is 17.1. The largest absolute Gasteiger partial charge is 0.467 e. The predicted octanol–water partition coefficient (Wildman–Crippen LogP) is 1.01. The van der Waals surface area contributed by atoms with Crippen LogP contribution in [0.25, 0.3) is 0 Å². The first-order chi connectivity index (χ1) is 13.1. The van der Waals surface area contributed by atoms with E-state index < -0.39 is 41.8 Å². The van der Waals surface area contributed by atoms with Gasteiger partial charge in [-0.1, -0.05) is 12.2 Å². The van der Waals surface area contributed by atoms with E-state index in [1.54, 1.807) is 39.8 Å². The van der Waals surface area contributed by atoms with Gasteiger partial charge in [0.1, 0.15) is 11.6 Å². The van der Waals surface area contributed by atoms with Crippen molar-refractivity contribution in [3.8, 4) is 0 Å². The van der Waals surface area contributed by atoms with Crippen LogP contribution >= 0.6 is 0 Å². The molecule has 4 atom stereocenters. The summed E-state index contributed by atoms with van der Waals surface area (Å²) in [5.41, 5.74) is -0.697. The molecule has 2 amide bonds. The van der Waals surface area contributed by atoms with Gasteiger partial charge in [-0.05, 0) is 27.7 Å². The fourth-order valence-corrected chi connectivity index (χ4v) is 3.06. The Kier molecular flexibility index (Phi) is 7.42. The van der Waals surface area contributed by atoms with Crippen LogP contribution in [-0.2, 0) is 28.5 Å². The topological polar surface area (TPSA) is 103 Å². The van der Waals surface area contributed by atoms with Crippen LogP contribution < -0.4 is 5.32 Å². The smallest absolute Gasteiger partial charge is 0.411 e. The molecule has 0 aromatic heterocycles. The molecule has 1 fully saturated rings. The average molecular weight is 398 g/mol. The number of nitrogens with one attached hydrogen (secondary N) is 1. The second kappa shape index (κ2) is 9.38. The molecule has 2 aliphatic heterocycles. The fraction of sp³-hybridized carbons (Fsp3) is 0.737. The Morgan fingerprint density at radius 1 is 1.21 bits per heavy atom. The van der Waals surface area contributed by atoms with Gasteiger partial charge in [0.05, 0.1) is 39.1 Å². The number of amides is 2. The molecule has 28 heavy (non-hydrogen) atoms. The monoisotopic (exact) mass is 398 g/mol. The van der Waals surface area contributed by atoms with Crippen molar-refractivity contribution in [1.82, 2.24) is 10.2 Å². The quantitative estimate of drug-likeness (QED) is 0.519. The molecule has 1 N–H and O–H groups in total. The van der Waals surface area contributed by atoms with E-state index in [0.717, 1.165) is 0 Å². The van der Waals surface area contributed by atoms with Gasteiger partial charge in [0.25, 0.3) is 0 Å². The third kappa shape index (κ3) is 5.93. The van der Waals surface area contributed by atoms with E-state index in [9.17, 15) is 14.4 Å².